The number of thiazole rings is 1. The van der Waals surface area contributed by atoms with E-state index in [-0.39, 0.29) is 12.0 Å². The molecule has 0 spiro atoms. The van der Waals surface area contributed by atoms with Crippen LogP contribution in [-0.4, -0.2) is 36.5 Å². The first-order valence-electron chi connectivity index (χ1n) is 6.24. The van der Waals surface area contributed by atoms with Crippen LogP contribution >= 0.6 is 11.3 Å². The van der Waals surface area contributed by atoms with E-state index in [2.05, 4.69) is 22.4 Å². The third kappa shape index (κ3) is 2.63. The number of hydrogen-bond donors (Lipinski definition) is 2. The predicted molar refractivity (Wildman–Crippen MR) is 76.4 cm³/mol. The maximum Gasteiger partial charge on any atom is 0.123 e. The minimum atomic E-state index is -0.114. The maximum atomic E-state index is 9.39. The molecule has 1 fully saturated rings. The van der Waals surface area contributed by atoms with Crippen LogP contribution in [0, 0.1) is 5.41 Å². The number of aliphatic hydroxyl groups is 1. The first-order chi connectivity index (χ1) is 9.31. The van der Waals surface area contributed by atoms with E-state index in [1.807, 2.05) is 23.7 Å². The second kappa shape index (κ2) is 5.28. The van der Waals surface area contributed by atoms with Gasteiger partial charge < -0.3 is 15.2 Å². The van der Waals surface area contributed by atoms with E-state index in [1.54, 1.807) is 11.3 Å². The highest BCUT2D eigenvalue weighted by Crippen LogP contribution is 2.28. The zero-order valence-electron chi connectivity index (χ0n) is 10.5. The van der Waals surface area contributed by atoms with Crippen LogP contribution in [0.5, 0.6) is 0 Å². The summed E-state index contributed by atoms with van der Waals surface area (Å²) >= 11 is 1.63. The summed E-state index contributed by atoms with van der Waals surface area (Å²) in [5, 5.41) is 15.8. The molecule has 0 bridgehead atoms. The zero-order chi connectivity index (χ0) is 13.1. The third-order valence-corrected chi connectivity index (χ3v) is 4.18. The Morgan fingerprint density at radius 1 is 1.42 bits per heavy atom. The van der Waals surface area contributed by atoms with E-state index in [4.69, 9.17) is 4.74 Å². The molecule has 0 amide bonds. The molecule has 1 aromatic heterocycles. The molecule has 2 aromatic rings. The Balaban J connectivity index is 1.70. The van der Waals surface area contributed by atoms with Crippen molar-refractivity contribution < 1.29 is 9.84 Å². The van der Waals surface area contributed by atoms with Crippen LogP contribution in [0.4, 0.5) is 5.69 Å². The summed E-state index contributed by atoms with van der Waals surface area (Å²) in [4.78, 5) is 4.31. The molecule has 0 radical (unpaired) electrons. The Morgan fingerprint density at radius 3 is 2.95 bits per heavy atom. The van der Waals surface area contributed by atoms with Gasteiger partial charge in [-0.05, 0) is 12.1 Å². The van der Waals surface area contributed by atoms with Crippen molar-refractivity contribution in [3.05, 3.63) is 35.8 Å². The van der Waals surface area contributed by atoms with Crippen molar-refractivity contribution in [1.82, 2.24) is 4.98 Å². The van der Waals surface area contributed by atoms with Gasteiger partial charge in [0.1, 0.15) is 5.01 Å². The Kier molecular flexibility index (Phi) is 3.50. The average molecular weight is 276 g/mol. The van der Waals surface area contributed by atoms with E-state index in [9.17, 15) is 5.11 Å². The molecule has 1 aliphatic rings. The minimum absolute atomic E-state index is 0.114. The standard InChI is InChI=1S/C14H16N2O2S/c17-8-14(9-18-10-14)7-16-12-3-1-2-11(6-12)13-15-4-5-19-13/h1-6,16-17H,7-10H2. The van der Waals surface area contributed by atoms with Gasteiger partial charge in [0.2, 0.25) is 0 Å². The highest BCUT2D eigenvalue weighted by molar-refractivity contribution is 7.13. The summed E-state index contributed by atoms with van der Waals surface area (Å²) in [7, 11) is 0. The van der Waals surface area contributed by atoms with Crippen LogP contribution in [0.3, 0.4) is 0 Å². The van der Waals surface area contributed by atoms with Crippen molar-refractivity contribution in [2.45, 2.75) is 0 Å². The van der Waals surface area contributed by atoms with Crippen LogP contribution in [0.25, 0.3) is 10.6 Å². The van der Waals surface area contributed by atoms with E-state index in [0.717, 1.165) is 22.8 Å². The lowest BCUT2D eigenvalue weighted by atomic mass is 9.87. The first-order valence-corrected chi connectivity index (χ1v) is 7.12. The molecule has 1 aliphatic heterocycles. The summed E-state index contributed by atoms with van der Waals surface area (Å²) in [6, 6.07) is 8.19. The molecular weight excluding hydrogens is 260 g/mol. The van der Waals surface area contributed by atoms with E-state index < -0.39 is 0 Å². The lowest BCUT2D eigenvalue weighted by Gasteiger charge is -2.40. The number of anilines is 1. The average Bonchev–Trinajstić information content (AvgIpc) is 2.92. The van der Waals surface area contributed by atoms with Crippen LogP contribution in [-0.2, 0) is 4.74 Å². The van der Waals surface area contributed by atoms with E-state index >= 15 is 0 Å². The number of ether oxygens (including phenoxy) is 1. The molecule has 1 aromatic carbocycles. The SMILES string of the molecule is OCC1(CNc2cccc(-c3nccs3)c2)COC1. The molecule has 2 N–H and O–H groups in total. The van der Waals surface area contributed by atoms with Gasteiger partial charge in [0.25, 0.3) is 0 Å². The van der Waals surface area contributed by atoms with Gasteiger partial charge in [-0.2, -0.15) is 0 Å². The highest BCUT2D eigenvalue weighted by atomic mass is 32.1. The molecule has 4 nitrogen and oxygen atoms in total. The summed E-state index contributed by atoms with van der Waals surface area (Å²) in [5.74, 6) is 0. The molecule has 3 rings (SSSR count). The fourth-order valence-electron chi connectivity index (χ4n) is 2.06. The summed E-state index contributed by atoms with van der Waals surface area (Å²) in [6.07, 6.45) is 1.81. The number of nitrogens with zero attached hydrogens (tertiary/aromatic N) is 1. The van der Waals surface area contributed by atoms with Gasteiger partial charge >= 0.3 is 0 Å². The van der Waals surface area contributed by atoms with Crippen molar-refractivity contribution in [2.75, 3.05) is 31.7 Å². The number of benzene rings is 1. The maximum absolute atomic E-state index is 9.39. The van der Waals surface area contributed by atoms with Crippen molar-refractivity contribution >= 4 is 17.0 Å². The van der Waals surface area contributed by atoms with Crippen LogP contribution in [0.15, 0.2) is 35.8 Å². The number of rotatable bonds is 5. The van der Waals surface area contributed by atoms with Crippen LogP contribution in [0.1, 0.15) is 0 Å². The lowest BCUT2D eigenvalue weighted by molar-refractivity contribution is -0.128. The van der Waals surface area contributed by atoms with Crippen molar-refractivity contribution in [3.63, 3.8) is 0 Å². The van der Waals surface area contributed by atoms with Gasteiger partial charge in [0, 0.05) is 29.4 Å². The van der Waals surface area contributed by atoms with Gasteiger partial charge in [-0.25, -0.2) is 4.98 Å². The lowest BCUT2D eigenvalue weighted by Crippen LogP contribution is -2.50. The van der Waals surface area contributed by atoms with Gasteiger partial charge in [-0.15, -0.1) is 11.3 Å². The summed E-state index contributed by atoms with van der Waals surface area (Å²) in [5.41, 5.74) is 2.05. The number of nitrogens with one attached hydrogen (secondary N) is 1. The first kappa shape index (κ1) is 12.6. The second-order valence-corrected chi connectivity index (χ2v) is 5.82. The molecule has 1 saturated heterocycles. The predicted octanol–water partition coefficient (Wildman–Crippen LogP) is 2.23. The fourth-order valence-corrected chi connectivity index (χ4v) is 2.69. The number of aromatic nitrogens is 1. The zero-order valence-corrected chi connectivity index (χ0v) is 11.3. The molecule has 2 heterocycles. The monoisotopic (exact) mass is 276 g/mol. The molecule has 19 heavy (non-hydrogen) atoms. The van der Waals surface area contributed by atoms with Crippen molar-refractivity contribution in [1.29, 1.82) is 0 Å². The molecule has 100 valence electrons. The molecule has 5 heteroatoms. The van der Waals surface area contributed by atoms with Gasteiger partial charge in [0.15, 0.2) is 0 Å². The van der Waals surface area contributed by atoms with Crippen LogP contribution < -0.4 is 5.32 Å². The van der Waals surface area contributed by atoms with Crippen molar-refractivity contribution in [3.8, 4) is 10.6 Å². The Labute approximate surface area is 116 Å². The highest BCUT2D eigenvalue weighted by Gasteiger charge is 2.37. The van der Waals surface area contributed by atoms with Gasteiger partial charge in [0.05, 0.1) is 25.2 Å². The summed E-state index contributed by atoms with van der Waals surface area (Å²) in [6.45, 7) is 2.14. The Hall–Kier alpha value is -1.43. The topological polar surface area (TPSA) is 54.4 Å². The fraction of sp³-hybridized carbons (Fsp3) is 0.357. The second-order valence-electron chi connectivity index (χ2n) is 4.92. The smallest absolute Gasteiger partial charge is 0.123 e. The van der Waals surface area contributed by atoms with E-state index in [1.165, 1.54) is 0 Å². The Morgan fingerprint density at radius 2 is 2.32 bits per heavy atom. The van der Waals surface area contributed by atoms with Crippen molar-refractivity contribution in [2.24, 2.45) is 5.41 Å². The molecule has 0 aliphatic carbocycles. The Bertz CT molecular complexity index is 533. The molecule has 0 saturated carbocycles. The number of aliphatic hydroxyl groups excluding tert-OH is 1. The summed E-state index contributed by atoms with van der Waals surface area (Å²) < 4.78 is 5.19. The minimum Gasteiger partial charge on any atom is -0.396 e. The third-order valence-electron chi connectivity index (χ3n) is 3.36. The molecule has 0 unspecified atom stereocenters. The van der Waals surface area contributed by atoms with Gasteiger partial charge in [-0.1, -0.05) is 12.1 Å². The normalized spacial score (nSPS) is 16.9. The number of hydrogen-bond acceptors (Lipinski definition) is 5. The molecular formula is C14H16N2O2S. The largest absolute Gasteiger partial charge is 0.396 e. The van der Waals surface area contributed by atoms with E-state index in [0.29, 0.717) is 13.2 Å². The van der Waals surface area contributed by atoms with Crippen LogP contribution in [0.2, 0.25) is 0 Å². The quantitative estimate of drug-likeness (QED) is 0.879. The van der Waals surface area contributed by atoms with Gasteiger partial charge in [-0.3, -0.25) is 0 Å². The molecule has 0 atom stereocenters.